The van der Waals surface area contributed by atoms with Crippen LogP contribution < -0.4 is 5.32 Å². The first-order chi connectivity index (χ1) is 13.3. The Morgan fingerprint density at radius 1 is 1.15 bits per heavy atom. The van der Waals surface area contributed by atoms with Crippen molar-refractivity contribution in [2.45, 2.75) is 38.6 Å². The number of carbonyl (C=O) groups excluding carboxylic acids is 1. The molecule has 0 radical (unpaired) electrons. The fraction of sp³-hybridized carbons (Fsp3) is 0.333. The number of para-hydroxylation sites is 1. The lowest BCUT2D eigenvalue weighted by molar-refractivity contribution is 0.0601. The molecular formula is C21H23N5O. The summed E-state index contributed by atoms with van der Waals surface area (Å²) < 4.78 is 0. The molecule has 0 aliphatic carbocycles. The first-order valence-corrected chi connectivity index (χ1v) is 9.50. The number of nitrogens with zero attached hydrogens (tertiary/aromatic N) is 4. The summed E-state index contributed by atoms with van der Waals surface area (Å²) in [7, 11) is 0. The highest BCUT2D eigenvalue weighted by Gasteiger charge is 2.27. The van der Waals surface area contributed by atoms with Crippen molar-refractivity contribution in [3.63, 3.8) is 0 Å². The Morgan fingerprint density at radius 2 is 2.04 bits per heavy atom. The number of hydrogen-bond donors (Lipinski definition) is 1. The van der Waals surface area contributed by atoms with Crippen molar-refractivity contribution in [3.8, 4) is 0 Å². The molecule has 1 aliphatic heterocycles. The van der Waals surface area contributed by atoms with Crippen molar-refractivity contribution in [1.82, 2.24) is 19.9 Å². The molecule has 138 valence electrons. The molecule has 1 atom stereocenters. The van der Waals surface area contributed by atoms with Crippen LogP contribution in [0.15, 0.2) is 48.9 Å². The molecule has 1 amide bonds. The van der Waals surface area contributed by atoms with E-state index in [1.54, 1.807) is 18.6 Å². The highest BCUT2D eigenvalue weighted by Crippen LogP contribution is 2.24. The lowest BCUT2D eigenvalue weighted by atomic mass is 10.00. The maximum absolute atomic E-state index is 12.8. The number of anilines is 2. The topological polar surface area (TPSA) is 71.0 Å². The van der Waals surface area contributed by atoms with Crippen LogP contribution in [0, 0.1) is 0 Å². The third-order valence-electron chi connectivity index (χ3n) is 5.13. The van der Waals surface area contributed by atoms with Crippen molar-refractivity contribution >= 4 is 28.3 Å². The molecule has 2 aromatic heterocycles. The van der Waals surface area contributed by atoms with Gasteiger partial charge in [-0.25, -0.2) is 9.97 Å². The Kier molecular flexibility index (Phi) is 4.96. The number of fused-ring (bicyclic) bond motifs is 1. The Labute approximate surface area is 158 Å². The maximum Gasteiger partial charge on any atom is 0.274 e. The van der Waals surface area contributed by atoms with Crippen LogP contribution in [-0.2, 0) is 0 Å². The smallest absolute Gasteiger partial charge is 0.274 e. The van der Waals surface area contributed by atoms with E-state index in [2.05, 4.69) is 27.2 Å². The van der Waals surface area contributed by atoms with E-state index < -0.39 is 0 Å². The zero-order chi connectivity index (χ0) is 18.6. The van der Waals surface area contributed by atoms with Gasteiger partial charge in [0.25, 0.3) is 5.91 Å². The number of pyridine rings is 1. The molecular weight excluding hydrogens is 338 g/mol. The zero-order valence-corrected chi connectivity index (χ0v) is 15.4. The second-order valence-electron chi connectivity index (χ2n) is 6.85. The standard InChI is InChI=1S/C21H23N5O/c1-2-16-9-3-4-12-26(16)21(27)18-13-24-19(14-23-18)25-17-10-5-7-15-8-6-11-22-20(15)17/h5-8,10-11,13-14,16H,2-4,9,12H2,1H3,(H,24,25). The van der Waals surface area contributed by atoms with Gasteiger partial charge < -0.3 is 10.2 Å². The average Bonchev–Trinajstić information content (AvgIpc) is 2.74. The van der Waals surface area contributed by atoms with Crippen LogP contribution in [0.2, 0.25) is 0 Å². The predicted molar refractivity (Wildman–Crippen MR) is 106 cm³/mol. The van der Waals surface area contributed by atoms with Crippen LogP contribution in [0.25, 0.3) is 10.9 Å². The van der Waals surface area contributed by atoms with E-state index in [9.17, 15) is 4.79 Å². The number of rotatable bonds is 4. The molecule has 0 bridgehead atoms. The van der Waals surface area contributed by atoms with Gasteiger partial charge >= 0.3 is 0 Å². The van der Waals surface area contributed by atoms with Crippen LogP contribution in [-0.4, -0.2) is 38.3 Å². The Morgan fingerprint density at radius 3 is 2.85 bits per heavy atom. The minimum Gasteiger partial charge on any atom is -0.337 e. The first-order valence-electron chi connectivity index (χ1n) is 9.50. The predicted octanol–water partition coefficient (Wildman–Crippen LogP) is 4.17. The maximum atomic E-state index is 12.8. The SMILES string of the molecule is CCC1CCCCN1C(=O)c1cnc(Nc2cccc3cccnc23)cn1. The van der Waals surface area contributed by atoms with Crippen molar-refractivity contribution in [1.29, 1.82) is 0 Å². The van der Waals surface area contributed by atoms with Crippen molar-refractivity contribution in [2.24, 2.45) is 0 Å². The number of aromatic nitrogens is 3. The molecule has 1 saturated heterocycles. The van der Waals surface area contributed by atoms with Crippen molar-refractivity contribution in [3.05, 3.63) is 54.6 Å². The summed E-state index contributed by atoms with van der Waals surface area (Å²) in [4.78, 5) is 28.0. The molecule has 0 saturated carbocycles. The van der Waals surface area contributed by atoms with Gasteiger partial charge in [0.1, 0.15) is 11.5 Å². The highest BCUT2D eigenvalue weighted by molar-refractivity contribution is 5.93. The summed E-state index contributed by atoms with van der Waals surface area (Å²) in [5.41, 5.74) is 2.14. The van der Waals surface area contributed by atoms with E-state index >= 15 is 0 Å². The number of amides is 1. The van der Waals surface area contributed by atoms with Crippen molar-refractivity contribution < 1.29 is 4.79 Å². The van der Waals surface area contributed by atoms with Crippen LogP contribution in [0.1, 0.15) is 43.1 Å². The van der Waals surface area contributed by atoms with E-state index in [4.69, 9.17) is 0 Å². The summed E-state index contributed by atoms with van der Waals surface area (Å²) in [5, 5.41) is 4.31. The second kappa shape index (κ2) is 7.70. The summed E-state index contributed by atoms with van der Waals surface area (Å²) in [6.45, 7) is 2.94. The molecule has 27 heavy (non-hydrogen) atoms. The number of piperidine rings is 1. The van der Waals surface area contributed by atoms with E-state index in [1.807, 2.05) is 35.2 Å². The lowest BCUT2D eigenvalue weighted by Crippen LogP contribution is -2.43. The number of carbonyl (C=O) groups is 1. The Balaban J connectivity index is 1.53. The molecule has 6 heteroatoms. The summed E-state index contributed by atoms with van der Waals surface area (Å²) in [6.07, 6.45) is 9.24. The quantitative estimate of drug-likeness (QED) is 0.755. The second-order valence-corrected chi connectivity index (χ2v) is 6.85. The molecule has 6 nitrogen and oxygen atoms in total. The molecule has 1 unspecified atom stereocenters. The molecule has 1 aromatic carbocycles. The largest absolute Gasteiger partial charge is 0.337 e. The third-order valence-corrected chi connectivity index (χ3v) is 5.13. The average molecular weight is 361 g/mol. The fourth-order valence-electron chi connectivity index (χ4n) is 3.69. The van der Waals surface area contributed by atoms with E-state index in [-0.39, 0.29) is 5.91 Å². The third kappa shape index (κ3) is 3.60. The molecule has 1 aliphatic rings. The molecule has 3 aromatic rings. The number of hydrogen-bond acceptors (Lipinski definition) is 5. The summed E-state index contributed by atoms with van der Waals surface area (Å²) in [6, 6.07) is 10.2. The summed E-state index contributed by atoms with van der Waals surface area (Å²) >= 11 is 0. The Hall–Kier alpha value is -3.02. The van der Waals surface area contributed by atoms with Crippen LogP contribution in [0.3, 0.4) is 0 Å². The highest BCUT2D eigenvalue weighted by atomic mass is 16.2. The minimum atomic E-state index is -0.0209. The zero-order valence-electron chi connectivity index (χ0n) is 15.4. The molecule has 3 heterocycles. The van der Waals surface area contributed by atoms with Gasteiger partial charge in [-0.3, -0.25) is 9.78 Å². The molecule has 1 fully saturated rings. The lowest BCUT2D eigenvalue weighted by Gasteiger charge is -2.34. The number of nitrogens with one attached hydrogen (secondary N) is 1. The number of benzene rings is 1. The normalized spacial score (nSPS) is 17.1. The van der Waals surface area contributed by atoms with Gasteiger partial charge in [-0.15, -0.1) is 0 Å². The molecule has 1 N–H and O–H groups in total. The summed E-state index contributed by atoms with van der Waals surface area (Å²) in [5.74, 6) is 0.572. The number of likely N-dealkylation sites (tertiary alicyclic amines) is 1. The van der Waals surface area contributed by atoms with Gasteiger partial charge in [0, 0.05) is 24.2 Å². The van der Waals surface area contributed by atoms with Crippen LogP contribution in [0.4, 0.5) is 11.5 Å². The van der Waals surface area contributed by atoms with Crippen LogP contribution in [0.5, 0.6) is 0 Å². The fourth-order valence-corrected chi connectivity index (χ4v) is 3.69. The van der Waals surface area contributed by atoms with Gasteiger partial charge in [-0.05, 0) is 37.8 Å². The van der Waals surface area contributed by atoms with Crippen LogP contribution >= 0.6 is 0 Å². The molecule has 4 rings (SSSR count). The van der Waals surface area contributed by atoms with E-state index in [0.717, 1.165) is 42.4 Å². The van der Waals surface area contributed by atoms with Gasteiger partial charge in [0.15, 0.2) is 0 Å². The van der Waals surface area contributed by atoms with E-state index in [1.165, 1.54) is 6.42 Å². The molecule has 0 spiro atoms. The van der Waals surface area contributed by atoms with Gasteiger partial charge in [-0.2, -0.15) is 0 Å². The van der Waals surface area contributed by atoms with Gasteiger partial charge in [0.05, 0.1) is 23.6 Å². The monoisotopic (exact) mass is 361 g/mol. The van der Waals surface area contributed by atoms with Gasteiger partial charge in [-0.1, -0.05) is 25.1 Å². The van der Waals surface area contributed by atoms with Gasteiger partial charge in [0.2, 0.25) is 0 Å². The first kappa shape index (κ1) is 17.4. The van der Waals surface area contributed by atoms with E-state index in [0.29, 0.717) is 17.6 Å². The van der Waals surface area contributed by atoms with Crippen molar-refractivity contribution in [2.75, 3.05) is 11.9 Å². The minimum absolute atomic E-state index is 0.0209. The Bertz CT molecular complexity index is 935.